The predicted molar refractivity (Wildman–Crippen MR) is 101 cm³/mol. The van der Waals surface area contributed by atoms with Crippen LogP contribution in [0.25, 0.3) is 0 Å². The molecule has 1 amide bonds. The highest BCUT2D eigenvalue weighted by atomic mass is 16.5. The highest BCUT2D eigenvalue weighted by Crippen LogP contribution is 2.26. The zero-order valence-electron chi connectivity index (χ0n) is 16.4. The van der Waals surface area contributed by atoms with Gasteiger partial charge in [-0.3, -0.25) is 9.69 Å². The number of hydrogen-bond donors (Lipinski definition) is 1. The smallest absolute Gasteiger partial charge is 0.219 e. The number of rotatable bonds is 6. The van der Waals surface area contributed by atoms with Crippen LogP contribution in [0.1, 0.15) is 50.5 Å². The molecular formula is C20H32N4O3. The summed E-state index contributed by atoms with van der Waals surface area (Å²) in [5.74, 6) is 1.15. The zero-order valence-corrected chi connectivity index (χ0v) is 16.4. The summed E-state index contributed by atoms with van der Waals surface area (Å²) >= 11 is 0. The topological polar surface area (TPSA) is 70.8 Å². The minimum Gasteiger partial charge on any atom is -0.377 e. The molecule has 0 aromatic carbocycles. The van der Waals surface area contributed by atoms with E-state index in [0.717, 1.165) is 63.4 Å². The fraction of sp³-hybridized carbons (Fsp3) is 0.800. The maximum atomic E-state index is 11.5. The first-order valence-corrected chi connectivity index (χ1v) is 10.4. The molecule has 0 bridgehead atoms. The predicted octanol–water partition coefficient (Wildman–Crippen LogP) is 1.57. The molecule has 4 heterocycles. The Morgan fingerprint density at radius 3 is 2.59 bits per heavy atom. The third-order valence-electron chi connectivity index (χ3n) is 6.16. The Balaban J connectivity index is 1.30. The monoisotopic (exact) mass is 376 g/mol. The number of amides is 1. The van der Waals surface area contributed by atoms with Crippen LogP contribution in [-0.2, 0) is 22.5 Å². The normalized spacial score (nSPS) is 24.0. The van der Waals surface area contributed by atoms with Crippen LogP contribution in [0.4, 0.5) is 0 Å². The molecular weight excluding hydrogens is 344 g/mol. The Kier molecular flexibility index (Phi) is 5.80. The minimum absolute atomic E-state index is 0.0394. The second-order valence-corrected chi connectivity index (χ2v) is 8.50. The number of hydrogen-bond acceptors (Lipinski definition) is 6. The van der Waals surface area contributed by atoms with Crippen molar-refractivity contribution >= 4 is 5.91 Å². The Hall–Kier alpha value is -1.44. The summed E-state index contributed by atoms with van der Waals surface area (Å²) in [5, 5.41) is 8.14. The van der Waals surface area contributed by atoms with Gasteiger partial charge in [-0.05, 0) is 38.8 Å². The maximum absolute atomic E-state index is 11.5. The van der Waals surface area contributed by atoms with E-state index in [1.165, 1.54) is 19.3 Å². The molecule has 7 heteroatoms. The van der Waals surface area contributed by atoms with E-state index in [-0.39, 0.29) is 11.4 Å². The third kappa shape index (κ3) is 4.70. The Morgan fingerprint density at radius 2 is 1.96 bits per heavy atom. The van der Waals surface area contributed by atoms with Gasteiger partial charge in [0.25, 0.3) is 0 Å². The number of piperidine rings is 2. The fourth-order valence-electron chi connectivity index (χ4n) is 4.55. The molecule has 1 N–H and O–H groups in total. The first-order chi connectivity index (χ1) is 13.1. The molecule has 4 rings (SSSR count). The average molecular weight is 377 g/mol. The molecule has 0 radical (unpaired) electrons. The molecule has 3 aliphatic rings. The van der Waals surface area contributed by atoms with Gasteiger partial charge >= 0.3 is 0 Å². The number of carbonyl (C=O) groups is 1. The van der Waals surface area contributed by atoms with Crippen LogP contribution >= 0.6 is 0 Å². The average Bonchev–Trinajstić information content (AvgIpc) is 3.08. The highest BCUT2D eigenvalue weighted by Gasteiger charge is 2.41. The van der Waals surface area contributed by atoms with E-state index in [4.69, 9.17) is 9.26 Å². The van der Waals surface area contributed by atoms with Crippen LogP contribution in [0, 0.1) is 0 Å². The standard InChI is InChI=1S/C20H32N4O3/c1-16(25)24-9-5-17(6-10-24)21-20(14-26-15-20)12-18-11-19(27-22-18)13-23-7-3-2-4-8-23/h11,17,21H,2-10,12-15H2,1H3. The third-order valence-corrected chi connectivity index (χ3v) is 6.16. The number of aromatic nitrogens is 1. The van der Waals surface area contributed by atoms with E-state index in [1.807, 2.05) is 4.90 Å². The van der Waals surface area contributed by atoms with Crippen molar-refractivity contribution in [2.24, 2.45) is 0 Å². The minimum atomic E-state index is -0.0394. The van der Waals surface area contributed by atoms with Crippen LogP contribution in [0.15, 0.2) is 10.6 Å². The summed E-state index contributed by atoms with van der Waals surface area (Å²) in [6.07, 6.45) is 6.75. The lowest BCUT2D eigenvalue weighted by Crippen LogP contribution is -2.65. The zero-order chi connectivity index (χ0) is 18.7. The van der Waals surface area contributed by atoms with Crippen LogP contribution < -0.4 is 5.32 Å². The number of nitrogens with one attached hydrogen (secondary N) is 1. The lowest BCUT2D eigenvalue weighted by atomic mass is 9.88. The van der Waals surface area contributed by atoms with Gasteiger partial charge in [-0.25, -0.2) is 0 Å². The maximum Gasteiger partial charge on any atom is 0.219 e. The first-order valence-electron chi connectivity index (χ1n) is 10.4. The van der Waals surface area contributed by atoms with Gasteiger partial charge in [0.15, 0.2) is 5.76 Å². The summed E-state index contributed by atoms with van der Waals surface area (Å²) in [6.45, 7) is 7.96. The Bertz CT molecular complexity index is 629. The van der Waals surface area contributed by atoms with E-state index < -0.39 is 0 Å². The van der Waals surface area contributed by atoms with Gasteiger partial charge in [0, 0.05) is 38.5 Å². The van der Waals surface area contributed by atoms with Gasteiger partial charge in [-0.1, -0.05) is 11.6 Å². The summed E-state index contributed by atoms with van der Waals surface area (Å²) in [5.41, 5.74) is 0.974. The SMILES string of the molecule is CC(=O)N1CCC(NC2(Cc3cc(CN4CCCCC4)on3)COC2)CC1. The van der Waals surface area contributed by atoms with Crippen molar-refractivity contribution in [2.45, 2.75) is 63.6 Å². The van der Waals surface area contributed by atoms with Crippen LogP contribution in [0.5, 0.6) is 0 Å². The first kappa shape index (κ1) is 18.9. The van der Waals surface area contributed by atoms with Gasteiger partial charge in [-0.2, -0.15) is 0 Å². The van der Waals surface area contributed by atoms with Crippen LogP contribution in [-0.4, -0.2) is 71.8 Å². The molecule has 150 valence electrons. The molecule has 0 saturated carbocycles. The second kappa shape index (κ2) is 8.29. The van der Waals surface area contributed by atoms with Crippen molar-refractivity contribution in [2.75, 3.05) is 39.4 Å². The van der Waals surface area contributed by atoms with E-state index >= 15 is 0 Å². The number of ether oxygens (including phenoxy) is 1. The molecule has 3 saturated heterocycles. The molecule has 0 unspecified atom stereocenters. The number of nitrogens with zero attached hydrogens (tertiary/aromatic N) is 3. The quantitative estimate of drug-likeness (QED) is 0.813. The van der Waals surface area contributed by atoms with Gasteiger partial charge in [0.05, 0.1) is 31.0 Å². The molecule has 1 aromatic heterocycles. The van der Waals surface area contributed by atoms with Crippen molar-refractivity contribution in [1.29, 1.82) is 0 Å². The van der Waals surface area contributed by atoms with Crippen molar-refractivity contribution < 1.29 is 14.1 Å². The summed E-state index contributed by atoms with van der Waals surface area (Å²) in [7, 11) is 0. The molecule has 0 aliphatic carbocycles. The number of likely N-dealkylation sites (tertiary alicyclic amines) is 2. The lowest BCUT2D eigenvalue weighted by molar-refractivity contribution is -0.130. The lowest BCUT2D eigenvalue weighted by Gasteiger charge is -2.46. The van der Waals surface area contributed by atoms with E-state index in [2.05, 4.69) is 21.4 Å². The summed E-state index contributed by atoms with van der Waals surface area (Å²) in [4.78, 5) is 15.9. The highest BCUT2D eigenvalue weighted by molar-refractivity contribution is 5.73. The van der Waals surface area contributed by atoms with Crippen LogP contribution in [0.3, 0.4) is 0 Å². The molecule has 1 aromatic rings. The number of carbonyl (C=O) groups excluding carboxylic acids is 1. The Labute approximate surface area is 161 Å². The van der Waals surface area contributed by atoms with Crippen molar-refractivity contribution in [3.63, 3.8) is 0 Å². The molecule has 3 fully saturated rings. The Morgan fingerprint density at radius 1 is 1.22 bits per heavy atom. The fourth-order valence-corrected chi connectivity index (χ4v) is 4.55. The molecule has 3 aliphatic heterocycles. The van der Waals surface area contributed by atoms with E-state index in [0.29, 0.717) is 19.3 Å². The molecule has 0 atom stereocenters. The van der Waals surface area contributed by atoms with Gasteiger partial charge in [0.1, 0.15) is 0 Å². The van der Waals surface area contributed by atoms with Gasteiger partial charge in [-0.15, -0.1) is 0 Å². The summed E-state index contributed by atoms with van der Waals surface area (Å²) in [6, 6.07) is 2.55. The molecule has 27 heavy (non-hydrogen) atoms. The van der Waals surface area contributed by atoms with Crippen molar-refractivity contribution in [3.05, 3.63) is 17.5 Å². The van der Waals surface area contributed by atoms with Gasteiger partial charge < -0.3 is 19.5 Å². The summed E-state index contributed by atoms with van der Waals surface area (Å²) < 4.78 is 11.2. The largest absolute Gasteiger partial charge is 0.377 e. The molecule has 7 nitrogen and oxygen atoms in total. The van der Waals surface area contributed by atoms with E-state index in [1.54, 1.807) is 6.92 Å². The van der Waals surface area contributed by atoms with E-state index in [9.17, 15) is 4.79 Å². The van der Waals surface area contributed by atoms with Crippen LogP contribution in [0.2, 0.25) is 0 Å². The van der Waals surface area contributed by atoms with Crippen molar-refractivity contribution in [1.82, 2.24) is 20.3 Å². The molecule has 0 spiro atoms. The second-order valence-electron chi connectivity index (χ2n) is 8.50. The van der Waals surface area contributed by atoms with Crippen molar-refractivity contribution in [3.8, 4) is 0 Å². The van der Waals surface area contributed by atoms with Gasteiger partial charge in [0.2, 0.25) is 5.91 Å².